The highest BCUT2D eigenvalue weighted by Gasteiger charge is 2.20. The minimum atomic E-state index is -0.822. The van der Waals surface area contributed by atoms with Crippen LogP contribution in [-0.4, -0.2) is 24.1 Å². The van der Waals surface area contributed by atoms with Gasteiger partial charge in [0, 0.05) is 33.5 Å². The van der Waals surface area contributed by atoms with E-state index in [9.17, 15) is 1.37 Å². The molecule has 0 saturated heterocycles. The molecule has 0 bridgehead atoms. The fourth-order valence-electron chi connectivity index (χ4n) is 5.21. The molecule has 5 aromatic carbocycles. The summed E-state index contributed by atoms with van der Waals surface area (Å²) < 4.78 is 186. The van der Waals surface area contributed by atoms with Gasteiger partial charge in [-0.2, -0.15) is 0 Å². The number of para-hydroxylation sites is 4. The Morgan fingerprint density at radius 3 is 1.86 bits per heavy atom. The summed E-state index contributed by atoms with van der Waals surface area (Å²) in [4.78, 5) is 13.4. The first kappa shape index (κ1) is 11.5. The van der Waals surface area contributed by atoms with Gasteiger partial charge in [0.05, 0.1) is 73.4 Å². The summed E-state index contributed by atoms with van der Waals surface area (Å²) in [5, 5.41) is -0.943. The number of aromatic nitrogens is 5. The highest BCUT2D eigenvalue weighted by molar-refractivity contribution is 6.09. The summed E-state index contributed by atoms with van der Waals surface area (Å²) in [6.07, 6.45) is -0.665. The monoisotopic (exact) mass is 584 g/mol. The van der Waals surface area contributed by atoms with Crippen molar-refractivity contribution in [3.8, 4) is 34.2 Å². The summed E-state index contributed by atoms with van der Waals surface area (Å²) in [7, 11) is 0. The van der Waals surface area contributed by atoms with Gasteiger partial charge in [-0.15, -0.1) is 0 Å². The zero-order chi connectivity index (χ0) is 47.3. The van der Waals surface area contributed by atoms with Crippen molar-refractivity contribution in [2.45, 2.75) is 0 Å². The van der Waals surface area contributed by atoms with Crippen molar-refractivity contribution in [1.29, 1.82) is 0 Å². The summed E-state index contributed by atoms with van der Waals surface area (Å²) >= 11 is 0. The molecule has 9 aromatic rings. The van der Waals surface area contributed by atoms with Crippen LogP contribution in [0.2, 0.25) is 0 Å². The van der Waals surface area contributed by atoms with E-state index in [4.69, 9.17) is 32.4 Å². The van der Waals surface area contributed by atoms with Crippen LogP contribution in [0, 0.1) is 0 Å². The van der Waals surface area contributed by atoms with Crippen LogP contribution < -0.4 is 0 Å². The number of rotatable bonds is 4. The molecule has 0 atom stereocenters. The highest BCUT2D eigenvalue weighted by Crippen LogP contribution is 2.37. The van der Waals surface area contributed by atoms with Crippen LogP contribution >= 0.6 is 0 Å². The molecule has 206 valence electrons. The molecular formula is C39H25N5. The van der Waals surface area contributed by atoms with Crippen molar-refractivity contribution in [3.05, 3.63) is 151 Å². The smallest absolute Gasteiger partial charge is 0.235 e. The first-order valence-electron chi connectivity index (χ1n) is 23.5. The molecule has 9 rings (SSSR count). The van der Waals surface area contributed by atoms with Crippen LogP contribution in [0.4, 0.5) is 0 Å². The van der Waals surface area contributed by atoms with Crippen molar-refractivity contribution in [2.24, 2.45) is 0 Å². The van der Waals surface area contributed by atoms with Crippen LogP contribution in [0.3, 0.4) is 0 Å². The number of hydrogen-bond acceptors (Lipinski definition) is 3. The van der Waals surface area contributed by atoms with Crippen LogP contribution in [0.1, 0.15) is 28.8 Å². The summed E-state index contributed by atoms with van der Waals surface area (Å²) in [6.45, 7) is 0. The van der Waals surface area contributed by atoms with E-state index in [-0.39, 0.29) is 44.0 Å². The van der Waals surface area contributed by atoms with Crippen LogP contribution in [-0.2, 0) is 0 Å². The van der Waals surface area contributed by atoms with Gasteiger partial charge in [-0.3, -0.25) is 9.55 Å². The lowest BCUT2D eigenvalue weighted by molar-refractivity contribution is 0.994. The predicted octanol–water partition coefficient (Wildman–Crippen LogP) is 9.40. The van der Waals surface area contributed by atoms with Crippen molar-refractivity contribution < 1.29 is 28.8 Å². The number of hydrogen-bond donors (Lipinski definition) is 0. The van der Waals surface area contributed by atoms with Gasteiger partial charge in [-0.05, 0) is 42.3 Å². The standard InChI is InChI=1S/C39H25N5/c1-2-13-26(14-3-1)31-25-32(42-39(41-31)44-33-19-8-4-15-27(33)28-16-5-9-20-34(28)44)29-17-6-10-21-35(29)43-36-22-11-7-18-30(36)38-37(43)23-12-24-40-38/h1-25H/i1D,2D,3D,4D,5D,7D,8D,9D,11D,12D,13D,14D,15D,16D,18D,19D,20D,22D,23D,24D,25D. The van der Waals surface area contributed by atoms with Crippen LogP contribution in [0.15, 0.2) is 151 Å². The van der Waals surface area contributed by atoms with Crippen molar-refractivity contribution in [3.63, 3.8) is 0 Å². The van der Waals surface area contributed by atoms with E-state index in [0.717, 1.165) is 4.57 Å². The Bertz CT molecular complexity index is 3590. The molecule has 4 heterocycles. The molecule has 0 aliphatic carbocycles. The third-order valence-electron chi connectivity index (χ3n) is 7.01. The van der Waals surface area contributed by atoms with Crippen molar-refractivity contribution in [2.75, 3.05) is 0 Å². The minimum absolute atomic E-state index is 0.0822. The third-order valence-corrected chi connectivity index (χ3v) is 7.01. The molecule has 0 spiro atoms. The van der Waals surface area contributed by atoms with Crippen molar-refractivity contribution >= 4 is 43.7 Å². The van der Waals surface area contributed by atoms with Gasteiger partial charge in [0.2, 0.25) is 5.95 Å². The lowest BCUT2D eigenvalue weighted by atomic mass is 10.1. The predicted molar refractivity (Wildman–Crippen MR) is 179 cm³/mol. The quantitative estimate of drug-likeness (QED) is 0.207. The SMILES string of the molecule is [2H]c1nc2c3c([2H])c([2H])c([2H])c([2H])c3n(-c3ccccc3-c3nc(-n4c5c([2H])c([2H])c([2H])c([2H])c5c5c([2H])c([2H])c([2H])c([2H])c54)nc(-c4c([2H])c([2H])c([2H])c([2H])c4[2H])c3[2H])c2c([2H])c1[2H]. The molecule has 5 nitrogen and oxygen atoms in total. The Labute approximate surface area is 282 Å². The van der Waals surface area contributed by atoms with E-state index in [1.165, 1.54) is 28.8 Å². The largest absolute Gasteiger partial charge is 0.307 e. The van der Waals surface area contributed by atoms with E-state index in [1.807, 2.05) is 0 Å². The molecule has 0 unspecified atom stereocenters. The van der Waals surface area contributed by atoms with Crippen LogP contribution in [0.5, 0.6) is 0 Å². The molecule has 0 fully saturated rings. The molecule has 5 heteroatoms. The number of pyridine rings is 1. The topological polar surface area (TPSA) is 48.5 Å². The van der Waals surface area contributed by atoms with E-state index in [1.54, 1.807) is 0 Å². The summed E-state index contributed by atoms with van der Waals surface area (Å²) in [5.74, 6) is -0.665. The van der Waals surface area contributed by atoms with E-state index < -0.39 is 161 Å². The lowest BCUT2D eigenvalue weighted by Crippen LogP contribution is -2.05. The second kappa shape index (κ2) is 9.75. The average molecular weight is 585 g/mol. The lowest BCUT2D eigenvalue weighted by Gasteiger charge is -2.16. The number of fused-ring (bicyclic) bond motifs is 6. The first-order valence-corrected chi connectivity index (χ1v) is 13.0. The molecule has 4 aromatic heterocycles. The number of nitrogens with zero attached hydrogens (tertiary/aromatic N) is 5. The fourth-order valence-corrected chi connectivity index (χ4v) is 5.21. The Balaban J connectivity index is 1.53. The molecule has 0 N–H and O–H groups in total. The molecule has 0 aliphatic rings. The van der Waals surface area contributed by atoms with Gasteiger partial charge in [-0.25, -0.2) is 9.97 Å². The van der Waals surface area contributed by atoms with Gasteiger partial charge in [-0.1, -0.05) is 103 Å². The molecule has 0 aliphatic heterocycles. The Hall–Kier alpha value is -6.07. The van der Waals surface area contributed by atoms with E-state index in [0.29, 0.717) is 0 Å². The molecule has 0 radical (unpaired) electrons. The normalized spacial score (nSPS) is 18.3. The zero-order valence-corrected chi connectivity index (χ0v) is 22.0. The van der Waals surface area contributed by atoms with Gasteiger partial charge >= 0.3 is 0 Å². The molecule has 44 heavy (non-hydrogen) atoms. The van der Waals surface area contributed by atoms with Crippen LogP contribution in [0.25, 0.3) is 77.9 Å². The van der Waals surface area contributed by atoms with E-state index >= 15 is 0 Å². The second-order valence-corrected chi connectivity index (χ2v) is 9.38. The Morgan fingerprint density at radius 1 is 0.523 bits per heavy atom. The summed E-state index contributed by atoms with van der Waals surface area (Å²) in [6, 6.07) is -8.78. The molecule has 0 amide bonds. The zero-order valence-electron chi connectivity index (χ0n) is 43.0. The second-order valence-electron chi connectivity index (χ2n) is 9.38. The average Bonchev–Trinajstić information content (AvgIpc) is 3.83. The van der Waals surface area contributed by atoms with Gasteiger partial charge in [0.15, 0.2) is 0 Å². The summed E-state index contributed by atoms with van der Waals surface area (Å²) in [5.41, 5.74) is -3.57. The van der Waals surface area contributed by atoms with Gasteiger partial charge in [0.25, 0.3) is 0 Å². The Morgan fingerprint density at radius 2 is 1.11 bits per heavy atom. The maximum absolute atomic E-state index is 9.68. The Kier molecular flexibility index (Phi) is 2.56. The maximum Gasteiger partial charge on any atom is 0.235 e. The molecular weight excluding hydrogens is 538 g/mol. The van der Waals surface area contributed by atoms with Gasteiger partial charge < -0.3 is 4.57 Å². The highest BCUT2D eigenvalue weighted by atomic mass is 15.2. The molecule has 0 saturated carbocycles. The number of benzene rings is 5. The maximum atomic E-state index is 9.68. The van der Waals surface area contributed by atoms with Crippen molar-refractivity contribution in [1.82, 2.24) is 24.1 Å². The first-order chi connectivity index (χ1) is 30.6. The third kappa shape index (κ3) is 3.69. The fraction of sp³-hybridized carbons (Fsp3) is 0. The minimum Gasteiger partial charge on any atom is -0.307 e. The van der Waals surface area contributed by atoms with Gasteiger partial charge in [0.1, 0.15) is 0 Å². The van der Waals surface area contributed by atoms with E-state index in [2.05, 4.69) is 9.97 Å².